The smallest absolute Gasteiger partial charge is 0.232 e. The van der Waals surface area contributed by atoms with Crippen LogP contribution in [0, 0.1) is 0 Å². The van der Waals surface area contributed by atoms with Gasteiger partial charge in [-0.1, -0.05) is 44.2 Å². The van der Waals surface area contributed by atoms with Crippen molar-refractivity contribution in [3.8, 4) is 11.5 Å². The van der Waals surface area contributed by atoms with E-state index in [1.54, 1.807) is 24.3 Å². The second-order valence-corrected chi connectivity index (χ2v) is 10.6. The summed E-state index contributed by atoms with van der Waals surface area (Å²) in [5.74, 6) is 1.22. The number of nitrogens with zero attached hydrogens (tertiary/aromatic N) is 1. The lowest BCUT2D eigenvalue weighted by molar-refractivity contribution is -0.122. The van der Waals surface area contributed by atoms with Crippen LogP contribution in [0.25, 0.3) is 0 Å². The second kappa shape index (κ2) is 11.1. The molecule has 1 N–H and O–H groups in total. The fourth-order valence-electron chi connectivity index (χ4n) is 4.49. The fraction of sp³-hybridized carbons (Fsp3) is 0.500. The zero-order valence-electron chi connectivity index (χ0n) is 20.5. The molecule has 186 valence electrons. The first-order chi connectivity index (χ1) is 16.2. The van der Waals surface area contributed by atoms with Crippen molar-refractivity contribution in [1.82, 2.24) is 5.32 Å². The van der Waals surface area contributed by atoms with Crippen LogP contribution in [-0.4, -0.2) is 39.3 Å². The van der Waals surface area contributed by atoms with E-state index in [-0.39, 0.29) is 30.5 Å². The Labute approximate surface area is 203 Å². The summed E-state index contributed by atoms with van der Waals surface area (Å²) in [6, 6.07) is 14.8. The average Bonchev–Trinajstić information content (AvgIpc) is 2.81. The van der Waals surface area contributed by atoms with E-state index in [0.717, 1.165) is 24.2 Å². The molecule has 1 aliphatic heterocycles. The number of sulfonamides is 1. The van der Waals surface area contributed by atoms with Crippen LogP contribution in [0.15, 0.2) is 48.5 Å². The van der Waals surface area contributed by atoms with E-state index in [2.05, 4.69) is 19.2 Å². The standard InChI is InChI=1S/C26H36N2O5S/c1-5-26(6-2)19-21(20-13-8-10-15-23(20)33-26)27-25(29)17-12-18-28(34(4,30)31)22-14-9-11-16-24(22)32-7-3/h8-11,13-16,21H,5-7,12,17-19H2,1-4H3,(H,27,29). The van der Waals surface area contributed by atoms with Gasteiger partial charge in [-0.15, -0.1) is 0 Å². The van der Waals surface area contributed by atoms with Gasteiger partial charge < -0.3 is 14.8 Å². The molecule has 34 heavy (non-hydrogen) atoms. The van der Waals surface area contributed by atoms with Gasteiger partial charge in [0.2, 0.25) is 15.9 Å². The maximum Gasteiger partial charge on any atom is 0.232 e. The monoisotopic (exact) mass is 488 g/mol. The SMILES string of the molecule is CCOc1ccccc1N(CCCC(=O)NC1CC(CC)(CC)Oc2ccccc21)S(C)(=O)=O. The predicted molar refractivity (Wildman–Crippen MR) is 135 cm³/mol. The van der Waals surface area contributed by atoms with Gasteiger partial charge in [0.25, 0.3) is 0 Å². The largest absolute Gasteiger partial charge is 0.492 e. The van der Waals surface area contributed by atoms with E-state index in [9.17, 15) is 13.2 Å². The molecule has 1 atom stereocenters. The van der Waals surface area contributed by atoms with Crippen molar-refractivity contribution < 1.29 is 22.7 Å². The number of fused-ring (bicyclic) bond motifs is 1. The van der Waals surface area contributed by atoms with E-state index >= 15 is 0 Å². The zero-order chi connectivity index (χ0) is 24.8. The fourth-order valence-corrected chi connectivity index (χ4v) is 5.45. The highest BCUT2D eigenvalue weighted by atomic mass is 32.2. The number of hydrogen-bond donors (Lipinski definition) is 1. The van der Waals surface area contributed by atoms with Crippen LogP contribution in [0.2, 0.25) is 0 Å². The highest BCUT2D eigenvalue weighted by Crippen LogP contribution is 2.42. The molecule has 7 nitrogen and oxygen atoms in total. The minimum atomic E-state index is -3.54. The van der Waals surface area contributed by atoms with Crippen LogP contribution in [0.3, 0.4) is 0 Å². The molecule has 1 heterocycles. The van der Waals surface area contributed by atoms with Gasteiger partial charge in [-0.3, -0.25) is 9.10 Å². The number of benzene rings is 2. The van der Waals surface area contributed by atoms with Gasteiger partial charge >= 0.3 is 0 Å². The molecule has 0 aliphatic carbocycles. The minimum absolute atomic E-state index is 0.102. The summed E-state index contributed by atoms with van der Waals surface area (Å²) in [6.45, 7) is 6.69. The lowest BCUT2D eigenvalue weighted by atomic mass is 9.83. The molecule has 1 unspecified atom stereocenters. The predicted octanol–water partition coefficient (Wildman–Crippen LogP) is 4.83. The Balaban J connectivity index is 1.68. The molecule has 1 amide bonds. The van der Waals surface area contributed by atoms with Crippen LogP contribution in [0.5, 0.6) is 11.5 Å². The Morgan fingerprint density at radius 1 is 1.12 bits per heavy atom. The van der Waals surface area contributed by atoms with Crippen molar-refractivity contribution >= 4 is 21.6 Å². The van der Waals surface area contributed by atoms with E-state index in [1.807, 2.05) is 31.2 Å². The third-order valence-electron chi connectivity index (χ3n) is 6.42. The van der Waals surface area contributed by atoms with Crippen molar-refractivity contribution in [3.63, 3.8) is 0 Å². The zero-order valence-corrected chi connectivity index (χ0v) is 21.4. The van der Waals surface area contributed by atoms with Crippen molar-refractivity contribution in [2.24, 2.45) is 0 Å². The van der Waals surface area contributed by atoms with E-state index in [1.165, 1.54) is 10.6 Å². The molecule has 0 aromatic heterocycles. The van der Waals surface area contributed by atoms with Gasteiger partial charge in [0.1, 0.15) is 17.1 Å². The molecule has 2 aromatic carbocycles. The van der Waals surface area contributed by atoms with Gasteiger partial charge in [0.15, 0.2) is 0 Å². The van der Waals surface area contributed by atoms with Crippen molar-refractivity contribution in [2.75, 3.05) is 23.7 Å². The maximum atomic E-state index is 12.9. The quantitative estimate of drug-likeness (QED) is 0.490. The first kappa shape index (κ1) is 25.9. The van der Waals surface area contributed by atoms with E-state index in [4.69, 9.17) is 9.47 Å². The molecule has 1 aliphatic rings. The van der Waals surface area contributed by atoms with Crippen LogP contribution in [0.4, 0.5) is 5.69 Å². The van der Waals surface area contributed by atoms with Gasteiger partial charge in [-0.05, 0) is 44.4 Å². The lowest BCUT2D eigenvalue weighted by Gasteiger charge is -2.41. The summed E-state index contributed by atoms with van der Waals surface area (Å²) in [7, 11) is -3.54. The first-order valence-electron chi connectivity index (χ1n) is 12.0. The number of carbonyl (C=O) groups is 1. The summed E-state index contributed by atoms with van der Waals surface area (Å²) in [5.41, 5.74) is 1.17. The summed E-state index contributed by atoms with van der Waals surface area (Å²) >= 11 is 0. The summed E-state index contributed by atoms with van der Waals surface area (Å²) in [4.78, 5) is 12.9. The number of hydrogen-bond acceptors (Lipinski definition) is 5. The first-order valence-corrected chi connectivity index (χ1v) is 13.8. The highest BCUT2D eigenvalue weighted by molar-refractivity contribution is 7.92. The Kier molecular flexibility index (Phi) is 8.47. The normalized spacial score (nSPS) is 16.8. The second-order valence-electron chi connectivity index (χ2n) is 8.69. The van der Waals surface area contributed by atoms with E-state index in [0.29, 0.717) is 30.9 Å². The molecule has 2 aromatic rings. The number of ether oxygens (including phenoxy) is 2. The number of rotatable bonds is 11. The minimum Gasteiger partial charge on any atom is -0.492 e. The summed E-state index contributed by atoms with van der Waals surface area (Å²) in [6.07, 6.45) is 4.19. The number of nitrogens with one attached hydrogen (secondary N) is 1. The van der Waals surface area contributed by atoms with Gasteiger partial charge in [0.05, 0.1) is 24.6 Å². The number of para-hydroxylation sites is 3. The number of amides is 1. The molecule has 0 saturated carbocycles. The molecule has 0 spiro atoms. The maximum absolute atomic E-state index is 12.9. The molecule has 0 radical (unpaired) electrons. The van der Waals surface area contributed by atoms with Gasteiger partial charge in [0, 0.05) is 24.9 Å². The van der Waals surface area contributed by atoms with Crippen LogP contribution in [0.1, 0.15) is 64.5 Å². The third-order valence-corrected chi connectivity index (χ3v) is 7.60. The van der Waals surface area contributed by atoms with Crippen LogP contribution < -0.4 is 19.1 Å². The topological polar surface area (TPSA) is 84.9 Å². The van der Waals surface area contributed by atoms with Crippen molar-refractivity contribution in [1.29, 1.82) is 0 Å². The molecular weight excluding hydrogens is 452 g/mol. The van der Waals surface area contributed by atoms with Crippen LogP contribution >= 0.6 is 0 Å². The van der Waals surface area contributed by atoms with Gasteiger partial charge in [-0.25, -0.2) is 8.42 Å². The Morgan fingerprint density at radius 2 is 1.79 bits per heavy atom. The molecule has 0 fully saturated rings. The lowest BCUT2D eigenvalue weighted by Crippen LogP contribution is -2.44. The van der Waals surface area contributed by atoms with Crippen molar-refractivity contribution in [3.05, 3.63) is 54.1 Å². The Bertz CT molecular complexity index is 1080. The Hall–Kier alpha value is -2.74. The third kappa shape index (κ3) is 6.03. The highest BCUT2D eigenvalue weighted by Gasteiger charge is 2.38. The summed E-state index contributed by atoms with van der Waals surface area (Å²) < 4.78 is 38.3. The van der Waals surface area contributed by atoms with Gasteiger partial charge in [-0.2, -0.15) is 0 Å². The molecule has 8 heteroatoms. The van der Waals surface area contributed by atoms with E-state index < -0.39 is 10.0 Å². The molecule has 0 saturated heterocycles. The Morgan fingerprint density at radius 3 is 2.47 bits per heavy atom. The average molecular weight is 489 g/mol. The van der Waals surface area contributed by atoms with Crippen molar-refractivity contribution in [2.45, 2.75) is 64.5 Å². The van der Waals surface area contributed by atoms with Crippen LogP contribution in [-0.2, 0) is 14.8 Å². The molecule has 3 rings (SSSR count). The summed E-state index contributed by atoms with van der Waals surface area (Å²) in [5, 5.41) is 3.17. The molecular formula is C26H36N2O5S. The molecule has 0 bridgehead atoms. The number of anilines is 1. The number of carbonyl (C=O) groups excluding carboxylic acids is 1.